The quantitative estimate of drug-likeness (QED) is 0.711. The van der Waals surface area contributed by atoms with E-state index < -0.39 is 0 Å². The summed E-state index contributed by atoms with van der Waals surface area (Å²) in [5.74, 6) is 1.59. The highest BCUT2D eigenvalue weighted by Crippen LogP contribution is 2.33. The van der Waals surface area contributed by atoms with Crippen molar-refractivity contribution in [3.05, 3.63) is 71.5 Å². The van der Waals surface area contributed by atoms with Gasteiger partial charge in [0.05, 0.1) is 5.56 Å². The van der Waals surface area contributed by atoms with Crippen LogP contribution in [0.2, 0.25) is 0 Å². The number of fused-ring (bicyclic) bond motifs is 1. The predicted octanol–water partition coefficient (Wildman–Crippen LogP) is 3.23. The minimum Gasteiger partial charge on any atom is -0.486 e. The van der Waals surface area contributed by atoms with Crippen LogP contribution in [-0.2, 0) is 6.54 Å². The van der Waals surface area contributed by atoms with Gasteiger partial charge in [-0.05, 0) is 30.2 Å². The van der Waals surface area contributed by atoms with E-state index in [1.165, 1.54) is 12.4 Å². The Bertz CT molecular complexity index is 989. The number of anilines is 2. The van der Waals surface area contributed by atoms with Crippen molar-refractivity contribution in [1.82, 2.24) is 15.3 Å². The molecule has 2 N–H and O–H groups in total. The lowest BCUT2D eigenvalue weighted by molar-refractivity contribution is 0.0950. The van der Waals surface area contributed by atoms with E-state index in [2.05, 4.69) is 20.6 Å². The van der Waals surface area contributed by atoms with Crippen molar-refractivity contribution in [2.75, 3.05) is 18.5 Å². The average Bonchev–Trinajstić information content (AvgIpc) is 2.73. The summed E-state index contributed by atoms with van der Waals surface area (Å²) >= 11 is 0. The molecule has 142 valence electrons. The molecule has 0 fully saturated rings. The molecule has 2 heterocycles. The van der Waals surface area contributed by atoms with Crippen LogP contribution in [0.15, 0.2) is 54.9 Å². The fraction of sp³-hybridized carbons (Fsp3) is 0.190. The number of aryl methyl sites for hydroxylation is 1. The Balaban J connectivity index is 1.38. The number of benzene rings is 2. The van der Waals surface area contributed by atoms with E-state index in [4.69, 9.17) is 9.47 Å². The lowest BCUT2D eigenvalue weighted by Crippen LogP contribution is -2.23. The lowest BCUT2D eigenvalue weighted by Gasteiger charge is -2.19. The topological polar surface area (TPSA) is 85.4 Å². The summed E-state index contributed by atoms with van der Waals surface area (Å²) in [6.07, 6.45) is 3.00. The van der Waals surface area contributed by atoms with Crippen molar-refractivity contribution in [1.29, 1.82) is 0 Å². The van der Waals surface area contributed by atoms with Gasteiger partial charge >= 0.3 is 0 Å². The summed E-state index contributed by atoms with van der Waals surface area (Å²) in [6.45, 7) is 3.56. The zero-order chi connectivity index (χ0) is 19.3. The standard InChI is InChI=1S/C21H20N4O3/c1-14-4-2-3-5-15(14)11-22-20(26)16-12-23-21(24-13-16)25-17-6-7-18-19(10-17)28-9-8-27-18/h2-7,10,12-13H,8-9,11H2,1H3,(H,22,26)(H,23,24,25). The number of carbonyl (C=O) groups is 1. The maximum absolute atomic E-state index is 12.3. The first-order chi connectivity index (χ1) is 13.7. The van der Waals surface area contributed by atoms with Crippen LogP contribution in [0.1, 0.15) is 21.5 Å². The van der Waals surface area contributed by atoms with E-state index in [1.807, 2.05) is 49.4 Å². The fourth-order valence-corrected chi connectivity index (χ4v) is 2.85. The van der Waals surface area contributed by atoms with E-state index in [0.717, 1.165) is 22.6 Å². The third-order valence-corrected chi connectivity index (χ3v) is 4.41. The molecule has 0 bridgehead atoms. The number of rotatable bonds is 5. The first kappa shape index (κ1) is 17.8. The molecule has 0 atom stereocenters. The molecule has 4 rings (SSSR count). The molecule has 0 unspecified atom stereocenters. The number of aromatic nitrogens is 2. The van der Waals surface area contributed by atoms with Gasteiger partial charge in [0.2, 0.25) is 5.95 Å². The number of hydrogen-bond donors (Lipinski definition) is 2. The highest BCUT2D eigenvalue weighted by molar-refractivity contribution is 5.93. The van der Waals surface area contributed by atoms with Gasteiger partial charge in [0.15, 0.2) is 11.5 Å². The number of carbonyl (C=O) groups excluding carboxylic acids is 1. The van der Waals surface area contributed by atoms with Crippen molar-refractivity contribution in [2.45, 2.75) is 13.5 Å². The number of nitrogens with zero attached hydrogens (tertiary/aromatic N) is 2. The van der Waals surface area contributed by atoms with E-state index in [1.54, 1.807) is 0 Å². The summed E-state index contributed by atoms with van der Waals surface area (Å²) in [4.78, 5) is 20.8. The summed E-state index contributed by atoms with van der Waals surface area (Å²) in [7, 11) is 0. The van der Waals surface area contributed by atoms with Crippen LogP contribution in [0.5, 0.6) is 11.5 Å². The average molecular weight is 376 g/mol. The monoisotopic (exact) mass is 376 g/mol. The van der Waals surface area contributed by atoms with Crippen LogP contribution in [0.25, 0.3) is 0 Å². The minimum absolute atomic E-state index is 0.214. The van der Waals surface area contributed by atoms with Crippen LogP contribution in [0, 0.1) is 6.92 Å². The van der Waals surface area contributed by atoms with Gasteiger partial charge in [0, 0.05) is 30.7 Å². The largest absolute Gasteiger partial charge is 0.486 e. The van der Waals surface area contributed by atoms with Gasteiger partial charge in [0.1, 0.15) is 13.2 Å². The van der Waals surface area contributed by atoms with Gasteiger partial charge < -0.3 is 20.1 Å². The van der Waals surface area contributed by atoms with Crippen molar-refractivity contribution < 1.29 is 14.3 Å². The second-order valence-electron chi connectivity index (χ2n) is 6.39. The number of ether oxygens (including phenoxy) is 2. The second-order valence-corrected chi connectivity index (χ2v) is 6.39. The van der Waals surface area contributed by atoms with Gasteiger partial charge in [-0.3, -0.25) is 4.79 Å². The number of nitrogens with one attached hydrogen (secondary N) is 2. The predicted molar refractivity (Wildman–Crippen MR) is 105 cm³/mol. The molecule has 7 heteroatoms. The van der Waals surface area contributed by atoms with Crippen LogP contribution in [0.3, 0.4) is 0 Å². The number of amides is 1. The molecular formula is C21H20N4O3. The number of hydrogen-bond acceptors (Lipinski definition) is 6. The van der Waals surface area contributed by atoms with Gasteiger partial charge in [-0.1, -0.05) is 24.3 Å². The van der Waals surface area contributed by atoms with Crippen molar-refractivity contribution in [2.24, 2.45) is 0 Å². The Hall–Kier alpha value is -3.61. The molecule has 3 aromatic rings. The fourth-order valence-electron chi connectivity index (χ4n) is 2.85. The van der Waals surface area contributed by atoms with Gasteiger partial charge in [-0.15, -0.1) is 0 Å². The van der Waals surface area contributed by atoms with Crippen LogP contribution in [0.4, 0.5) is 11.6 Å². The van der Waals surface area contributed by atoms with E-state index in [-0.39, 0.29) is 5.91 Å². The Labute approximate surface area is 162 Å². The summed E-state index contributed by atoms with van der Waals surface area (Å²) in [5, 5.41) is 5.99. The molecule has 1 amide bonds. The zero-order valence-electron chi connectivity index (χ0n) is 15.4. The van der Waals surface area contributed by atoms with Crippen molar-refractivity contribution in [3.63, 3.8) is 0 Å². The Morgan fingerprint density at radius 2 is 1.79 bits per heavy atom. The van der Waals surface area contributed by atoms with E-state index in [9.17, 15) is 4.79 Å². The van der Waals surface area contributed by atoms with Gasteiger partial charge in [-0.2, -0.15) is 0 Å². The van der Waals surface area contributed by atoms with Gasteiger partial charge in [-0.25, -0.2) is 9.97 Å². The molecule has 2 aromatic carbocycles. The van der Waals surface area contributed by atoms with Crippen LogP contribution < -0.4 is 20.1 Å². The molecule has 0 spiro atoms. The highest BCUT2D eigenvalue weighted by Gasteiger charge is 2.12. The SMILES string of the molecule is Cc1ccccc1CNC(=O)c1cnc(Nc2ccc3c(c2)OCCO3)nc1. The smallest absolute Gasteiger partial charge is 0.254 e. The maximum Gasteiger partial charge on any atom is 0.254 e. The van der Waals surface area contributed by atoms with Gasteiger partial charge in [0.25, 0.3) is 5.91 Å². The highest BCUT2D eigenvalue weighted by atomic mass is 16.6. The lowest BCUT2D eigenvalue weighted by atomic mass is 10.1. The molecule has 0 saturated carbocycles. The first-order valence-corrected chi connectivity index (χ1v) is 9.00. The Morgan fingerprint density at radius 1 is 1.04 bits per heavy atom. The third kappa shape index (κ3) is 4.03. The minimum atomic E-state index is -0.214. The van der Waals surface area contributed by atoms with Crippen LogP contribution >= 0.6 is 0 Å². The molecule has 1 aromatic heterocycles. The van der Waals surface area contributed by atoms with Crippen LogP contribution in [-0.4, -0.2) is 29.1 Å². The third-order valence-electron chi connectivity index (χ3n) is 4.41. The van der Waals surface area contributed by atoms with E-state index in [0.29, 0.717) is 37.0 Å². The van der Waals surface area contributed by atoms with Crippen molar-refractivity contribution >= 4 is 17.5 Å². The molecule has 1 aliphatic rings. The summed E-state index contributed by atoms with van der Waals surface area (Å²) in [5.41, 5.74) is 3.40. The molecule has 0 aliphatic carbocycles. The van der Waals surface area contributed by atoms with E-state index >= 15 is 0 Å². The first-order valence-electron chi connectivity index (χ1n) is 9.00. The molecule has 28 heavy (non-hydrogen) atoms. The summed E-state index contributed by atoms with van der Waals surface area (Å²) in [6, 6.07) is 13.5. The second kappa shape index (κ2) is 7.96. The Morgan fingerprint density at radius 3 is 2.57 bits per heavy atom. The summed E-state index contributed by atoms with van der Waals surface area (Å²) < 4.78 is 11.1. The molecule has 0 saturated heterocycles. The Kier molecular flexibility index (Phi) is 5.05. The normalized spacial score (nSPS) is 12.3. The molecular weight excluding hydrogens is 356 g/mol. The van der Waals surface area contributed by atoms with Crippen molar-refractivity contribution in [3.8, 4) is 11.5 Å². The zero-order valence-corrected chi connectivity index (χ0v) is 15.4. The molecule has 0 radical (unpaired) electrons. The maximum atomic E-state index is 12.3. The molecule has 7 nitrogen and oxygen atoms in total. The molecule has 1 aliphatic heterocycles.